The largest absolute Gasteiger partial charge is 0.348 e. The SMILES string of the molecule is O=C(NC1CC=CCC1)c1cn(C2CCNCC2)nn1. The molecule has 2 aliphatic rings. The molecule has 108 valence electrons. The molecule has 0 saturated carbocycles. The third-order valence-electron chi connectivity index (χ3n) is 4.03. The van der Waals surface area contributed by atoms with Crippen LogP contribution >= 0.6 is 0 Å². The lowest BCUT2D eigenvalue weighted by molar-refractivity contribution is 0.0929. The molecule has 0 spiro atoms. The first-order chi connectivity index (χ1) is 9.83. The second-order valence-corrected chi connectivity index (χ2v) is 5.52. The summed E-state index contributed by atoms with van der Waals surface area (Å²) in [7, 11) is 0. The van der Waals surface area contributed by atoms with Crippen molar-refractivity contribution in [2.45, 2.75) is 44.2 Å². The first-order valence-electron chi connectivity index (χ1n) is 7.41. The van der Waals surface area contributed by atoms with E-state index in [1.165, 1.54) is 0 Å². The molecule has 1 amide bonds. The lowest BCUT2D eigenvalue weighted by atomic mass is 10.0. The highest BCUT2D eigenvalue weighted by atomic mass is 16.2. The van der Waals surface area contributed by atoms with Crippen LogP contribution in [0.2, 0.25) is 0 Å². The van der Waals surface area contributed by atoms with Crippen molar-refractivity contribution in [2.75, 3.05) is 13.1 Å². The molecule has 1 unspecified atom stereocenters. The van der Waals surface area contributed by atoms with Crippen molar-refractivity contribution in [3.05, 3.63) is 24.0 Å². The number of rotatable bonds is 3. The van der Waals surface area contributed by atoms with Crippen LogP contribution in [0, 0.1) is 0 Å². The van der Waals surface area contributed by atoms with Gasteiger partial charge in [0.2, 0.25) is 0 Å². The van der Waals surface area contributed by atoms with E-state index in [4.69, 9.17) is 0 Å². The summed E-state index contributed by atoms with van der Waals surface area (Å²) < 4.78 is 1.84. The van der Waals surface area contributed by atoms with Crippen molar-refractivity contribution in [1.82, 2.24) is 25.6 Å². The van der Waals surface area contributed by atoms with Crippen LogP contribution in [-0.4, -0.2) is 40.0 Å². The van der Waals surface area contributed by atoms with Crippen LogP contribution in [0.3, 0.4) is 0 Å². The van der Waals surface area contributed by atoms with E-state index >= 15 is 0 Å². The van der Waals surface area contributed by atoms with Crippen LogP contribution in [0.1, 0.15) is 48.6 Å². The fourth-order valence-corrected chi connectivity index (χ4v) is 2.81. The van der Waals surface area contributed by atoms with Gasteiger partial charge in [0, 0.05) is 6.04 Å². The lowest BCUT2D eigenvalue weighted by Gasteiger charge is -2.22. The van der Waals surface area contributed by atoms with E-state index < -0.39 is 0 Å². The molecule has 6 heteroatoms. The second kappa shape index (κ2) is 6.17. The zero-order valence-electron chi connectivity index (χ0n) is 11.6. The highest BCUT2D eigenvalue weighted by Gasteiger charge is 2.20. The maximum Gasteiger partial charge on any atom is 0.273 e. The number of hydrogen-bond donors (Lipinski definition) is 2. The van der Waals surface area contributed by atoms with E-state index in [-0.39, 0.29) is 11.9 Å². The Bertz CT molecular complexity index is 490. The van der Waals surface area contributed by atoms with E-state index in [0.29, 0.717) is 11.7 Å². The van der Waals surface area contributed by atoms with Gasteiger partial charge < -0.3 is 10.6 Å². The van der Waals surface area contributed by atoms with Gasteiger partial charge in [0.1, 0.15) is 0 Å². The van der Waals surface area contributed by atoms with Gasteiger partial charge in [0.05, 0.1) is 12.2 Å². The summed E-state index contributed by atoms with van der Waals surface area (Å²) in [5, 5.41) is 14.5. The molecule has 2 N–H and O–H groups in total. The van der Waals surface area contributed by atoms with Crippen LogP contribution < -0.4 is 10.6 Å². The Morgan fingerprint density at radius 3 is 2.90 bits per heavy atom. The Hall–Kier alpha value is -1.69. The minimum Gasteiger partial charge on any atom is -0.348 e. The number of allylic oxidation sites excluding steroid dienone is 1. The molecular formula is C14H21N5O. The molecule has 1 atom stereocenters. The fourth-order valence-electron chi connectivity index (χ4n) is 2.81. The predicted molar refractivity (Wildman–Crippen MR) is 75.4 cm³/mol. The Kier molecular flexibility index (Phi) is 4.11. The van der Waals surface area contributed by atoms with Gasteiger partial charge in [-0.25, -0.2) is 4.68 Å². The number of piperidine rings is 1. The maximum atomic E-state index is 12.1. The summed E-state index contributed by atoms with van der Waals surface area (Å²) in [5.74, 6) is -0.106. The Labute approximate surface area is 118 Å². The molecule has 2 heterocycles. The van der Waals surface area contributed by atoms with E-state index in [2.05, 4.69) is 33.1 Å². The molecule has 1 saturated heterocycles. The molecule has 1 fully saturated rings. The molecule has 0 aromatic carbocycles. The molecule has 3 rings (SSSR count). The minimum atomic E-state index is -0.106. The monoisotopic (exact) mass is 275 g/mol. The molecule has 1 aromatic rings. The fraction of sp³-hybridized carbons (Fsp3) is 0.643. The zero-order valence-corrected chi connectivity index (χ0v) is 11.6. The Balaban J connectivity index is 1.60. The number of amides is 1. The highest BCUT2D eigenvalue weighted by molar-refractivity contribution is 5.92. The summed E-state index contributed by atoms with van der Waals surface area (Å²) in [5.41, 5.74) is 0.429. The average Bonchev–Trinajstić information content (AvgIpc) is 2.99. The number of aromatic nitrogens is 3. The van der Waals surface area contributed by atoms with Crippen LogP contribution in [0.15, 0.2) is 18.3 Å². The van der Waals surface area contributed by atoms with Gasteiger partial charge >= 0.3 is 0 Å². The number of nitrogens with zero attached hydrogens (tertiary/aromatic N) is 3. The van der Waals surface area contributed by atoms with Crippen molar-refractivity contribution in [2.24, 2.45) is 0 Å². The summed E-state index contributed by atoms with van der Waals surface area (Å²) >= 11 is 0. The second-order valence-electron chi connectivity index (χ2n) is 5.52. The van der Waals surface area contributed by atoms with Crippen LogP contribution in [-0.2, 0) is 0 Å². The van der Waals surface area contributed by atoms with Gasteiger partial charge in [-0.1, -0.05) is 17.4 Å². The number of carbonyl (C=O) groups excluding carboxylic acids is 1. The van der Waals surface area contributed by atoms with Gasteiger partial charge in [0.25, 0.3) is 5.91 Å². The molecule has 20 heavy (non-hydrogen) atoms. The first kappa shape index (κ1) is 13.3. The summed E-state index contributed by atoms with van der Waals surface area (Å²) in [6.45, 7) is 2.00. The van der Waals surface area contributed by atoms with E-state index in [9.17, 15) is 4.79 Å². The Morgan fingerprint density at radius 1 is 1.30 bits per heavy atom. The number of carbonyl (C=O) groups is 1. The van der Waals surface area contributed by atoms with Crippen LogP contribution in [0.4, 0.5) is 0 Å². The predicted octanol–water partition coefficient (Wildman–Crippen LogP) is 1.04. The van der Waals surface area contributed by atoms with Gasteiger partial charge in [-0.2, -0.15) is 0 Å². The molecule has 0 radical (unpaired) electrons. The van der Waals surface area contributed by atoms with Gasteiger partial charge in [-0.15, -0.1) is 5.10 Å². The third-order valence-corrected chi connectivity index (χ3v) is 4.03. The van der Waals surface area contributed by atoms with E-state index in [1.54, 1.807) is 6.20 Å². The zero-order chi connectivity index (χ0) is 13.8. The van der Waals surface area contributed by atoms with Crippen molar-refractivity contribution < 1.29 is 4.79 Å². The van der Waals surface area contributed by atoms with Gasteiger partial charge in [-0.05, 0) is 45.2 Å². The number of hydrogen-bond acceptors (Lipinski definition) is 4. The Morgan fingerprint density at radius 2 is 2.15 bits per heavy atom. The van der Waals surface area contributed by atoms with Gasteiger partial charge in [0.15, 0.2) is 5.69 Å². The topological polar surface area (TPSA) is 71.8 Å². The summed E-state index contributed by atoms with van der Waals surface area (Å²) in [6, 6.07) is 0.597. The van der Waals surface area contributed by atoms with Crippen molar-refractivity contribution >= 4 is 5.91 Å². The molecule has 6 nitrogen and oxygen atoms in total. The summed E-state index contributed by atoms with van der Waals surface area (Å²) in [4.78, 5) is 12.1. The normalized spacial score (nSPS) is 23.7. The quantitative estimate of drug-likeness (QED) is 0.809. The molecule has 1 aliphatic heterocycles. The average molecular weight is 275 g/mol. The smallest absolute Gasteiger partial charge is 0.273 e. The van der Waals surface area contributed by atoms with Crippen molar-refractivity contribution in [1.29, 1.82) is 0 Å². The molecular weight excluding hydrogens is 254 g/mol. The van der Waals surface area contributed by atoms with Crippen LogP contribution in [0.25, 0.3) is 0 Å². The maximum absolute atomic E-state index is 12.1. The lowest BCUT2D eigenvalue weighted by Crippen LogP contribution is -2.35. The van der Waals surface area contributed by atoms with Crippen molar-refractivity contribution in [3.8, 4) is 0 Å². The van der Waals surface area contributed by atoms with Gasteiger partial charge in [-0.3, -0.25) is 4.79 Å². The molecule has 0 bridgehead atoms. The highest BCUT2D eigenvalue weighted by Crippen LogP contribution is 2.17. The summed E-state index contributed by atoms with van der Waals surface area (Å²) in [6.07, 6.45) is 11.1. The van der Waals surface area contributed by atoms with E-state index in [1.807, 2.05) is 4.68 Å². The molecule has 1 aromatic heterocycles. The van der Waals surface area contributed by atoms with Crippen molar-refractivity contribution in [3.63, 3.8) is 0 Å². The van der Waals surface area contributed by atoms with Crippen LogP contribution in [0.5, 0.6) is 0 Å². The minimum absolute atomic E-state index is 0.106. The first-order valence-corrected chi connectivity index (χ1v) is 7.41. The van der Waals surface area contributed by atoms with E-state index in [0.717, 1.165) is 45.2 Å². The standard InChI is InChI=1S/C14H21N5O/c20-14(16-11-4-2-1-3-5-11)13-10-19(18-17-13)12-6-8-15-9-7-12/h1-2,10-12,15H,3-9H2,(H,16,20). The third kappa shape index (κ3) is 3.07. The molecule has 1 aliphatic carbocycles. The number of nitrogens with one attached hydrogen (secondary N) is 2.